The van der Waals surface area contributed by atoms with E-state index in [2.05, 4.69) is 15.3 Å². The van der Waals surface area contributed by atoms with Gasteiger partial charge >= 0.3 is 0 Å². The van der Waals surface area contributed by atoms with Crippen molar-refractivity contribution in [3.05, 3.63) is 85.8 Å². The minimum Gasteiger partial charge on any atom is -0.324 e. The van der Waals surface area contributed by atoms with Crippen molar-refractivity contribution in [3.8, 4) is 0 Å². The van der Waals surface area contributed by atoms with Crippen LogP contribution in [-0.4, -0.2) is 21.6 Å². The van der Waals surface area contributed by atoms with Gasteiger partial charge in [0.1, 0.15) is 0 Å². The number of nitrogens with one attached hydrogen (secondary N) is 2. The smallest absolute Gasteiger partial charge is 0.255 e. The molecule has 3 rings (SSSR count). The largest absolute Gasteiger partial charge is 0.324 e. The fourth-order valence-corrected chi connectivity index (χ4v) is 4.12. The Hall–Kier alpha value is -2.57. The van der Waals surface area contributed by atoms with Crippen molar-refractivity contribution in [2.75, 3.05) is 11.1 Å². The first-order valence-corrected chi connectivity index (χ1v) is 10.5. The van der Waals surface area contributed by atoms with Crippen LogP contribution >= 0.6 is 23.4 Å². The molecule has 0 unspecified atom stereocenters. The number of hydrogen-bond acceptors (Lipinski definition) is 4. The molecule has 0 bridgehead atoms. The molecule has 0 spiro atoms. The fraction of sp³-hybridized carbons (Fsp3) is 0.227. The number of aromatic amines is 1. The second kappa shape index (κ2) is 9.29. The molecule has 0 aliphatic heterocycles. The summed E-state index contributed by atoms with van der Waals surface area (Å²) in [6.07, 6.45) is 0.519. The van der Waals surface area contributed by atoms with E-state index in [0.29, 0.717) is 33.5 Å². The van der Waals surface area contributed by atoms with Crippen molar-refractivity contribution in [2.45, 2.75) is 32.3 Å². The minimum absolute atomic E-state index is 0.115. The minimum atomic E-state index is -0.211. The Morgan fingerprint density at radius 3 is 2.55 bits per heavy atom. The molecule has 150 valence electrons. The number of nitrogens with zero attached hydrogens (tertiary/aromatic N) is 1. The van der Waals surface area contributed by atoms with Crippen molar-refractivity contribution in [2.24, 2.45) is 0 Å². The van der Waals surface area contributed by atoms with Gasteiger partial charge in [-0.15, -0.1) is 0 Å². The average Bonchev–Trinajstić information content (AvgIpc) is 2.67. The summed E-state index contributed by atoms with van der Waals surface area (Å²) in [4.78, 5) is 32.1. The monoisotopic (exact) mass is 427 g/mol. The summed E-state index contributed by atoms with van der Waals surface area (Å²) in [5, 5.41) is 3.77. The molecule has 1 heterocycles. The van der Waals surface area contributed by atoms with Crippen LogP contribution in [0.1, 0.15) is 27.9 Å². The number of aromatic nitrogens is 2. The number of H-pyrrole nitrogens is 1. The highest BCUT2D eigenvalue weighted by molar-refractivity contribution is 7.99. The predicted octanol–water partition coefficient (Wildman–Crippen LogP) is 4.67. The molecule has 0 atom stereocenters. The third kappa shape index (κ3) is 5.49. The standard InChI is InChI=1S/C22H22ClN3O2S/c1-13-9-14(2)20(18(23)10-13)25-19(27)12-29-22-24-15(3)17(21(28)26-22)11-16-7-5-4-6-8-16/h4-10H,11-12H2,1-3H3,(H,25,27)(H,24,26,28). The van der Waals surface area contributed by atoms with Gasteiger partial charge in [0.05, 0.1) is 16.5 Å². The Labute approximate surface area is 178 Å². The summed E-state index contributed by atoms with van der Waals surface area (Å²) < 4.78 is 0. The summed E-state index contributed by atoms with van der Waals surface area (Å²) in [5.41, 5.74) is 4.71. The van der Waals surface area contributed by atoms with Gasteiger partial charge in [0.25, 0.3) is 5.56 Å². The lowest BCUT2D eigenvalue weighted by Gasteiger charge is -2.11. The van der Waals surface area contributed by atoms with E-state index in [0.717, 1.165) is 16.7 Å². The lowest BCUT2D eigenvalue weighted by atomic mass is 10.1. The van der Waals surface area contributed by atoms with Crippen LogP contribution in [0.25, 0.3) is 0 Å². The normalized spacial score (nSPS) is 10.8. The van der Waals surface area contributed by atoms with E-state index in [-0.39, 0.29) is 17.2 Å². The van der Waals surface area contributed by atoms with E-state index in [4.69, 9.17) is 11.6 Å². The Morgan fingerprint density at radius 1 is 1.17 bits per heavy atom. The SMILES string of the molecule is Cc1cc(C)c(NC(=O)CSc2nc(C)c(Cc3ccccc3)c(=O)[nH]2)c(Cl)c1. The number of carbonyl (C=O) groups is 1. The number of halogens is 1. The highest BCUT2D eigenvalue weighted by Crippen LogP contribution is 2.27. The number of hydrogen-bond donors (Lipinski definition) is 2. The topological polar surface area (TPSA) is 74.8 Å². The van der Waals surface area contributed by atoms with E-state index >= 15 is 0 Å². The molecule has 2 aromatic carbocycles. The summed E-state index contributed by atoms with van der Waals surface area (Å²) in [7, 11) is 0. The molecule has 5 nitrogen and oxygen atoms in total. The van der Waals surface area contributed by atoms with Crippen LogP contribution < -0.4 is 10.9 Å². The molecule has 1 amide bonds. The predicted molar refractivity (Wildman–Crippen MR) is 119 cm³/mol. The van der Waals surface area contributed by atoms with Crippen molar-refractivity contribution < 1.29 is 4.79 Å². The zero-order valence-corrected chi connectivity index (χ0v) is 18.1. The summed E-state index contributed by atoms with van der Waals surface area (Å²) in [5.74, 6) is -0.0955. The van der Waals surface area contributed by atoms with Gasteiger partial charge in [-0.05, 0) is 43.5 Å². The third-order valence-electron chi connectivity index (χ3n) is 4.46. The Kier molecular flexibility index (Phi) is 6.77. The number of rotatable bonds is 6. The molecule has 1 aromatic heterocycles. The lowest BCUT2D eigenvalue weighted by molar-refractivity contribution is -0.113. The van der Waals surface area contributed by atoms with Crippen LogP contribution in [0.5, 0.6) is 0 Å². The molecule has 0 saturated carbocycles. The van der Waals surface area contributed by atoms with E-state index in [1.165, 1.54) is 11.8 Å². The van der Waals surface area contributed by atoms with Crippen LogP contribution in [0.3, 0.4) is 0 Å². The summed E-state index contributed by atoms with van der Waals surface area (Å²) >= 11 is 7.42. The van der Waals surface area contributed by atoms with Gasteiger partial charge in [0.2, 0.25) is 5.91 Å². The van der Waals surface area contributed by atoms with Crippen molar-refractivity contribution in [1.29, 1.82) is 0 Å². The van der Waals surface area contributed by atoms with Crippen LogP contribution in [0.4, 0.5) is 5.69 Å². The van der Waals surface area contributed by atoms with Crippen molar-refractivity contribution in [3.63, 3.8) is 0 Å². The third-order valence-corrected chi connectivity index (χ3v) is 5.63. The van der Waals surface area contributed by atoms with Crippen LogP contribution in [0, 0.1) is 20.8 Å². The zero-order chi connectivity index (χ0) is 21.0. The lowest BCUT2D eigenvalue weighted by Crippen LogP contribution is -2.19. The maximum Gasteiger partial charge on any atom is 0.255 e. The molecule has 2 N–H and O–H groups in total. The van der Waals surface area contributed by atoms with E-state index in [1.807, 2.05) is 63.2 Å². The average molecular weight is 428 g/mol. The van der Waals surface area contributed by atoms with Crippen LogP contribution in [0.2, 0.25) is 5.02 Å². The first-order valence-electron chi connectivity index (χ1n) is 9.16. The summed E-state index contributed by atoms with van der Waals surface area (Å²) in [6, 6.07) is 13.5. The maximum atomic E-state index is 12.5. The zero-order valence-electron chi connectivity index (χ0n) is 16.5. The molecule has 0 aliphatic carbocycles. The molecule has 29 heavy (non-hydrogen) atoms. The second-order valence-electron chi connectivity index (χ2n) is 6.87. The van der Waals surface area contributed by atoms with Gasteiger partial charge in [-0.25, -0.2) is 4.98 Å². The molecular weight excluding hydrogens is 406 g/mol. The maximum absolute atomic E-state index is 12.5. The van der Waals surface area contributed by atoms with Crippen LogP contribution in [-0.2, 0) is 11.2 Å². The number of benzene rings is 2. The summed E-state index contributed by atoms with van der Waals surface area (Å²) in [6.45, 7) is 5.66. The molecule has 3 aromatic rings. The number of amides is 1. The van der Waals surface area contributed by atoms with E-state index in [1.54, 1.807) is 0 Å². The molecular formula is C22H22ClN3O2S. The van der Waals surface area contributed by atoms with Crippen molar-refractivity contribution >= 4 is 35.0 Å². The van der Waals surface area contributed by atoms with Gasteiger partial charge in [-0.1, -0.05) is 59.8 Å². The second-order valence-corrected chi connectivity index (χ2v) is 8.24. The number of thioether (sulfide) groups is 1. The molecule has 0 fully saturated rings. The van der Waals surface area contributed by atoms with E-state index in [9.17, 15) is 9.59 Å². The fourth-order valence-electron chi connectivity index (χ4n) is 3.04. The van der Waals surface area contributed by atoms with Gasteiger partial charge in [0.15, 0.2) is 5.16 Å². The number of carbonyl (C=O) groups excluding carboxylic acids is 1. The molecule has 0 saturated heterocycles. The van der Waals surface area contributed by atoms with Gasteiger partial charge in [-0.3, -0.25) is 9.59 Å². The van der Waals surface area contributed by atoms with Crippen LogP contribution in [0.15, 0.2) is 52.4 Å². The first kappa shape index (κ1) is 21.1. The first-order chi connectivity index (χ1) is 13.8. The Bertz CT molecular complexity index is 1070. The molecule has 0 aliphatic rings. The number of aryl methyl sites for hydroxylation is 3. The molecule has 0 radical (unpaired) electrons. The molecule has 7 heteroatoms. The van der Waals surface area contributed by atoms with Gasteiger partial charge in [-0.2, -0.15) is 0 Å². The Balaban J connectivity index is 1.67. The van der Waals surface area contributed by atoms with E-state index < -0.39 is 0 Å². The quantitative estimate of drug-likeness (QED) is 0.442. The van der Waals surface area contributed by atoms with Gasteiger partial charge < -0.3 is 10.3 Å². The van der Waals surface area contributed by atoms with Crippen molar-refractivity contribution in [1.82, 2.24) is 9.97 Å². The number of anilines is 1. The Morgan fingerprint density at radius 2 is 1.90 bits per heavy atom. The highest BCUT2D eigenvalue weighted by atomic mass is 35.5. The highest BCUT2D eigenvalue weighted by Gasteiger charge is 2.13. The van der Waals surface area contributed by atoms with Gasteiger partial charge in [0, 0.05) is 17.7 Å².